The fourth-order valence-electron chi connectivity index (χ4n) is 0. The van der Waals surface area contributed by atoms with Crippen molar-refractivity contribution in [1.29, 1.82) is 0 Å². The first kappa shape index (κ1) is 7.66. The van der Waals surface area contributed by atoms with Crippen molar-refractivity contribution < 1.29 is 0 Å². The average Bonchev–Trinajstić information content (AvgIpc) is 1.35. The quantitative estimate of drug-likeness (QED) is 0.638. The Bertz CT molecular complexity index is 38.5. The number of hydrogen-bond acceptors (Lipinski definition) is 0. The molecule has 40 valence electrons. The van der Waals surface area contributed by atoms with E-state index < -0.39 is 14.8 Å². The van der Waals surface area contributed by atoms with E-state index in [1.807, 2.05) is 6.92 Å². The predicted octanol–water partition coefficient (Wildman–Crippen LogP) is 2.66. The van der Waals surface area contributed by atoms with Gasteiger partial charge in [0, 0.05) is 0 Å². The van der Waals surface area contributed by atoms with Gasteiger partial charge in [0.2, 0.25) is 0 Å². The summed E-state index contributed by atoms with van der Waals surface area (Å²) in [6, 6.07) is 0. The van der Waals surface area contributed by atoms with E-state index in [0.29, 0.717) is 0 Å². The Kier molecular flexibility index (Phi) is 3.63. The Labute approximate surface area is 52.8 Å². The summed E-state index contributed by atoms with van der Waals surface area (Å²) in [4.78, 5) is 0. The Morgan fingerprint density at radius 3 is 1.50 bits per heavy atom. The van der Waals surface area contributed by atoms with Gasteiger partial charge in [-0.15, -0.1) is 0 Å². The van der Waals surface area contributed by atoms with E-state index in [4.69, 9.17) is 26.9 Å². The van der Waals surface area contributed by atoms with Crippen LogP contribution in [0.3, 0.4) is 0 Å². The average molecular weight is 263 g/mol. The van der Waals surface area contributed by atoms with Crippen LogP contribution in [-0.4, -0.2) is 14.8 Å². The zero-order valence-electron chi connectivity index (χ0n) is 3.25. The third kappa shape index (κ3) is 5.66. The summed E-state index contributed by atoms with van der Waals surface area (Å²) in [5, 5.41) is 0. The third-order valence-corrected chi connectivity index (χ3v) is 6.59. The van der Waals surface area contributed by atoms with Gasteiger partial charge in [-0.2, -0.15) is 0 Å². The van der Waals surface area contributed by atoms with Crippen LogP contribution in [0.1, 0.15) is 6.92 Å². The molecule has 0 aliphatic carbocycles. The van der Waals surface area contributed by atoms with Crippen molar-refractivity contribution in [1.82, 2.24) is 0 Å². The Morgan fingerprint density at radius 2 is 1.50 bits per heavy atom. The molecule has 0 fully saturated rings. The first-order chi connectivity index (χ1) is 2.56. The molecule has 6 heavy (non-hydrogen) atoms. The van der Waals surface area contributed by atoms with Crippen LogP contribution in [-0.2, 0) is 0 Å². The van der Waals surface area contributed by atoms with E-state index >= 15 is 0 Å². The van der Waals surface area contributed by atoms with Crippen LogP contribution in [0.4, 0.5) is 0 Å². The fraction of sp³-hybridized carbons (Fsp3) is 1.00. The van der Waals surface area contributed by atoms with Gasteiger partial charge >= 0.3 is 53.1 Å². The second-order valence-electron chi connectivity index (χ2n) is 0.791. The maximum atomic E-state index is 5.44. The van der Waals surface area contributed by atoms with Gasteiger partial charge < -0.3 is 0 Å². The molecule has 0 nitrogen and oxygen atoms in total. The molecule has 0 heterocycles. The summed E-state index contributed by atoms with van der Waals surface area (Å²) in [6.45, 7) is 1.90. The molecule has 0 saturated carbocycles. The Morgan fingerprint density at radius 1 is 1.33 bits per heavy atom. The zero-order valence-corrected chi connectivity index (χ0v) is 7.85. The molecule has 0 aliphatic heterocycles. The normalized spacial score (nSPS) is 14.7. The molecule has 0 radical (unpaired) electrons. The summed E-state index contributed by atoms with van der Waals surface area (Å²) in [5.41, 5.74) is 0. The van der Waals surface area contributed by atoms with Crippen LogP contribution < -0.4 is 0 Å². The molecule has 0 aromatic rings. The van der Waals surface area contributed by atoms with Gasteiger partial charge in [-0.1, -0.05) is 0 Å². The summed E-state index contributed by atoms with van der Waals surface area (Å²) in [5.74, 6) is 0. The number of halogens is 3. The van der Waals surface area contributed by atoms with Gasteiger partial charge in [-0.3, -0.25) is 0 Å². The van der Waals surface area contributed by atoms with Gasteiger partial charge in [0.05, 0.1) is 0 Å². The van der Waals surface area contributed by atoms with Crippen LogP contribution >= 0.6 is 26.9 Å². The monoisotopic (exact) mass is 264 g/mol. The molecule has 0 aromatic carbocycles. The molecule has 0 atom stereocenters. The zero-order chi connectivity index (χ0) is 5.21. The second kappa shape index (κ2) is 2.84. The van der Waals surface area contributed by atoms with Crippen molar-refractivity contribution in [3.8, 4) is 0 Å². The summed E-state index contributed by atoms with van der Waals surface area (Å²) >= 11 is -2.65. The van der Waals surface area contributed by atoms with Crippen LogP contribution in [0.15, 0.2) is 0 Å². The summed E-state index contributed by atoms with van der Waals surface area (Å²) in [7, 11) is 16.3. The van der Waals surface area contributed by atoms with E-state index in [1.165, 1.54) is 0 Å². The van der Waals surface area contributed by atoms with E-state index in [9.17, 15) is 0 Å². The van der Waals surface area contributed by atoms with Crippen LogP contribution in [0.2, 0.25) is 4.47 Å². The molecule has 0 aliphatic rings. The molecular formula is C2H5Cl3Te. The van der Waals surface area contributed by atoms with Crippen molar-refractivity contribution in [3.05, 3.63) is 0 Å². The second-order valence-corrected chi connectivity index (χ2v) is 19.1. The van der Waals surface area contributed by atoms with Crippen LogP contribution in [0.25, 0.3) is 0 Å². The van der Waals surface area contributed by atoms with Crippen molar-refractivity contribution in [3.63, 3.8) is 0 Å². The van der Waals surface area contributed by atoms with E-state index in [-0.39, 0.29) is 0 Å². The van der Waals surface area contributed by atoms with Gasteiger partial charge in [-0.25, -0.2) is 0 Å². The predicted molar refractivity (Wildman–Crippen MR) is 33.8 cm³/mol. The van der Waals surface area contributed by atoms with Crippen molar-refractivity contribution in [2.24, 2.45) is 0 Å². The molecule has 0 rings (SSSR count). The van der Waals surface area contributed by atoms with Gasteiger partial charge in [0.1, 0.15) is 0 Å². The van der Waals surface area contributed by atoms with Crippen LogP contribution in [0, 0.1) is 0 Å². The SMILES string of the molecule is CC[Te](Cl)(Cl)Cl. The number of rotatable bonds is 1. The fourth-order valence-corrected chi connectivity index (χ4v) is 0. The van der Waals surface area contributed by atoms with Crippen molar-refractivity contribution in [2.45, 2.75) is 11.4 Å². The Hall–Kier alpha value is 1.66. The van der Waals surface area contributed by atoms with Crippen LogP contribution in [0.5, 0.6) is 0 Å². The first-order valence-corrected chi connectivity index (χ1v) is 12.0. The molecule has 0 amide bonds. The maximum absolute atomic E-state index is 5.44. The van der Waals surface area contributed by atoms with Gasteiger partial charge in [-0.05, 0) is 0 Å². The Balaban J connectivity index is 3.17. The molecule has 4 heteroatoms. The van der Waals surface area contributed by atoms with Crippen molar-refractivity contribution >= 4 is 41.7 Å². The topological polar surface area (TPSA) is 0 Å². The minimum atomic E-state index is -2.65. The molecule has 0 N–H and O–H groups in total. The molecule has 0 unspecified atom stereocenters. The summed E-state index contributed by atoms with van der Waals surface area (Å²) in [6.07, 6.45) is 0. The molecular weight excluding hydrogens is 258 g/mol. The van der Waals surface area contributed by atoms with Gasteiger partial charge in [0.15, 0.2) is 0 Å². The van der Waals surface area contributed by atoms with E-state index in [0.717, 1.165) is 4.47 Å². The number of hydrogen-bond donors (Lipinski definition) is 0. The molecule has 0 aromatic heterocycles. The first-order valence-electron chi connectivity index (χ1n) is 1.46. The minimum absolute atomic E-state index is 0.757. The van der Waals surface area contributed by atoms with E-state index in [1.54, 1.807) is 0 Å². The van der Waals surface area contributed by atoms with Crippen molar-refractivity contribution in [2.75, 3.05) is 0 Å². The summed E-state index contributed by atoms with van der Waals surface area (Å²) < 4.78 is 0.757. The molecule has 0 saturated heterocycles. The molecule has 0 bridgehead atoms. The standard InChI is InChI=1S/C2H5Cl3Te/c1-2-6(3,4)5/h2H2,1H3. The van der Waals surface area contributed by atoms with E-state index in [2.05, 4.69) is 0 Å². The molecule has 0 spiro atoms. The van der Waals surface area contributed by atoms with Gasteiger partial charge in [0.25, 0.3) is 0 Å². The third-order valence-electron chi connectivity index (χ3n) is 0.327.